The van der Waals surface area contributed by atoms with E-state index in [9.17, 15) is 0 Å². The van der Waals surface area contributed by atoms with Gasteiger partial charge in [0.15, 0.2) is 5.84 Å². The summed E-state index contributed by atoms with van der Waals surface area (Å²) in [5.74, 6) is 0.0535. The highest BCUT2D eigenvalue weighted by Crippen LogP contribution is 2.30. The summed E-state index contributed by atoms with van der Waals surface area (Å²) in [6, 6.07) is 9.89. The minimum Gasteiger partial charge on any atom is -0.409 e. The highest BCUT2D eigenvalue weighted by atomic mass is 35.5. The summed E-state index contributed by atoms with van der Waals surface area (Å²) in [5.41, 5.74) is 7.13. The first-order valence-electron chi connectivity index (χ1n) is 6.59. The number of amidine groups is 1. The quantitative estimate of drug-likeness (QED) is 0.379. The van der Waals surface area contributed by atoms with Crippen molar-refractivity contribution >= 4 is 34.5 Å². The molecule has 1 aromatic heterocycles. The van der Waals surface area contributed by atoms with Gasteiger partial charge in [0.25, 0.3) is 0 Å². The molecule has 112 valence electrons. The summed E-state index contributed by atoms with van der Waals surface area (Å²) in [6.45, 7) is 5.06. The second-order valence-electron chi connectivity index (χ2n) is 4.95. The van der Waals surface area contributed by atoms with E-state index in [0.29, 0.717) is 16.6 Å². The number of nitrogens with two attached hydrogens (primary N) is 1. The zero-order valence-corrected chi connectivity index (χ0v) is 13.5. The van der Waals surface area contributed by atoms with E-state index in [2.05, 4.69) is 35.3 Å². The zero-order valence-electron chi connectivity index (χ0n) is 12.0. The lowest BCUT2D eigenvalue weighted by Crippen LogP contribution is -2.30. The minimum atomic E-state index is 0.0535. The van der Waals surface area contributed by atoms with Crippen LogP contribution in [0.5, 0.6) is 0 Å². The number of hydrogen-bond donors (Lipinski definition) is 2. The summed E-state index contributed by atoms with van der Waals surface area (Å²) in [5, 5.41) is 14.4. The third-order valence-corrected chi connectivity index (χ3v) is 4.35. The molecule has 0 aliphatic carbocycles. The third kappa shape index (κ3) is 3.68. The number of thiophene rings is 1. The molecule has 21 heavy (non-hydrogen) atoms. The van der Waals surface area contributed by atoms with Gasteiger partial charge in [-0.15, -0.1) is 11.3 Å². The van der Waals surface area contributed by atoms with Gasteiger partial charge >= 0.3 is 0 Å². The number of oxime groups is 1. The topological polar surface area (TPSA) is 61.8 Å². The Morgan fingerprint density at radius 1 is 1.43 bits per heavy atom. The van der Waals surface area contributed by atoms with E-state index in [1.54, 1.807) is 23.5 Å². The Hall–Kier alpha value is -1.72. The zero-order chi connectivity index (χ0) is 15.4. The predicted octanol–water partition coefficient (Wildman–Crippen LogP) is 3.91. The fourth-order valence-electron chi connectivity index (χ4n) is 2.07. The van der Waals surface area contributed by atoms with Crippen LogP contribution in [0.1, 0.15) is 24.3 Å². The SMILES string of the molecule is CC(C)N(Cc1cccs1)c1ccc(C(N)=NO)cc1Cl. The highest BCUT2D eigenvalue weighted by molar-refractivity contribution is 7.09. The first-order valence-corrected chi connectivity index (χ1v) is 7.85. The van der Waals surface area contributed by atoms with Crippen LogP contribution in [0, 0.1) is 0 Å². The molecule has 1 heterocycles. The molecule has 0 spiro atoms. The summed E-state index contributed by atoms with van der Waals surface area (Å²) in [4.78, 5) is 3.50. The van der Waals surface area contributed by atoms with Crippen LogP contribution in [0.15, 0.2) is 40.9 Å². The summed E-state index contributed by atoms with van der Waals surface area (Å²) in [6.07, 6.45) is 0. The predicted molar refractivity (Wildman–Crippen MR) is 89.6 cm³/mol. The van der Waals surface area contributed by atoms with Crippen molar-refractivity contribution in [2.45, 2.75) is 26.4 Å². The molecule has 3 N–H and O–H groups in total. The highest BCUT2D eigenvalue weighted by Gasteiger charge is 2.16. The van der Waals surface area contributed by atoms with E-state index >= 15 is 0 Å². The van der Waals surface area contributed by atoms with Crippen molar-refractivity contribution in [1.82, 2.24) is 0 Å². The van der Waals surface area contributed by atoms with E-state index in [0.717, 1.165) is 12.2 Å². The molecule has 2 rings (SSSR count). The van der Waals surface area contributed by atoms with Crippen LogP contribution >= 0.6 is 22.9 Å². The molecule has 0 saturated carbocycles. The van der Waals surface area contributed by atoms with Gasteiger partial charge in [-0.05, 0) is 43.5 Å². The van der Waals surface area contributed by atoms with Crippen molar-refractivity contribution in [1.29, 1.82) is 0 Å². The fourth-order valence-corrected chi connectivity index (χ4v) is 3.07. The molecule has 4 nitrogen and oxygen atoms in total. The van der Waals surface area contributed by atoms with Crippen LogP contribution in [0.2, 0.25) is 5.02 Å². The Balaban J connectivity index is 2.32. The smallest absolute Gasteiger partial charge is 0.170 e. The molecule has 0 amide bonds. The molecule has 1 aromatic carbocycles. The molecule has 0 unspecified atom stereocenters. The summed E-state index contributed by atoms with van der Waals surface area (Å²) in [7, 11) is 0. The van der Waals surface area contributed by atoms with Gasteiger partial charge in [-0.3, -0.25) is 0 Å². The van der Waals surface area contributed by atoms with Gasteiger partial charge in [0.1, 0.15) is 0 Å². The second-order valence-corrected chi connectivity index (χ2v) is 6.39. The number of anilines is 1. The van der Waals surface area contributed by atoms with Crippen molar-refractivity contribution in [3.05, 3.63) is 51.2 Å². The summed E-state index contributed by atoms with van der Waals surface area (Å²) >= 11 is 8.10. The van der Waals surface area contributed by atoms with Gasteiger partial charge in [0.2, 0.25) is 0 Å². The fraction of sp³-hybridized carbons (Fsp3) is 0.267. The lowest BCUT2D eigenvalue weighted by molar-refractivity contribution is 0.318. The van der Waals surface area contributed by atoms with Gasteiger partial charge in [-0.25, -0.2) is 0 Å². The van der Waals surface area contributed by atoms with Crippen LogP contribution in [0.4, 0.5) is 5.69 Å². The maximum Gasteiger partial charge on any atom is 0.170 e. The Morgan fingerprint density at radius 3 is 2.71 bits per heavy atom. The van der Waals surface area contributed by atoms with Crippen LogP contribution in [0.25, 0.3) is 0 Å². The number of nitrogens with zero attached hydrogens (tertiary/aromatic N) is 2. The number of halogens is 1. The first-order chi connectivity index (χ1) is 10.0. The average Bonchev–Trinajstić information content (AvgIpc) is 2.97. The molecular weight excluding hydrogens is 306 g/mol. The Bertz CT molecular complexity index is 626. The second kappa shape index (κ2) is 6.83. The van der Waals surface area contributed by atoms with Crippen LogP contribution in [-0.2, 0) is 6.54 Å². The van der Waals surface area contributed by atoms with Gasteiger partial charge in [0, 0.05) is 16.5 Å². The third-order valence-electron chi connectivity index (χ3n) is 3.19. The van der Waals surface area contributed by atoms with Gasteiger partial charge in [-0.1, -0.05) is 22.8 Å². The molecule has 0 saturated heterocycles. The Labute approximate surface area is 133 Å². The first kappa shape index (κ1) is 15.7. The lowest BCUT2D eigenvalue weighted by atomic mass is 10.1. The molecule has 6 heteroatoms. The van der Waals surface area contributed by atoms with Crippen molar-refractivity contribution in [2.24, 2.45) is 10.9 Å². The normalized spacial score (nSPS) is 11.9. The largest absolute Gasteiger partial charge is 0.409 e. The molecule has 0 bridgehead atoms. The molecular formula is C15H18ClN3OS. The van der Waals surface area contributed by atoms with Crippen LogP contribution in [0.3, 0.4) is 0 Å². The van der Waals surface area contributed by atoms with E-state index < -0.39 is 0 Å². The van der Waals surface area contributed by atoms with Crippen molar-refractivity contribution in [3.8, 4) is 0 Å². The molecule has 0 radical (unpaired) electrons. The average molecular weight is 324 g/mol. The monoisotopic (exact) mass is 323 g/mol. The maximum atomic E-state index is 8.73. The van der Waals surface area contributed by atoms with Crippen LogP contribution in [-0.4, -0.2) is 17.1 Å². The molecule has 0 aliphatic rings. The van der Waals surface area contributed by atoms with Gasteiger partial charge < -0.3 is 15.8 Å². The maximum absolute atomic E-state index is 8.73. The van der Waals surface area contributed by atoms with E-state index in [1.165, 1.54) is 4.88 Å². The number of benzene rings is 1. The van der Waals surface area contributed by atoms with E-state index in [-0.39, 0.29) is 5.84 Å². The minimum absolute atomic E-state index is 0.0535. The van der Waals surface area contributed by atoms with Crippen molar-refractivity contribution in [2.75, 3.05) is 4.90 Å². The molecule has 0 fully saturated rings. The van der Waals surface area contributed by atoms with E-state index in [4.69, 9.17) is 22.5 Å². The van der Waals surface area contributed by atoms with Gasteiger partial charge in [0.05, 0.1) is 17.3 Å². The van der Waals surface area contributed by atoms with E-state index in [1.807, 2.05) is 12.1 Å². The van der Waals surface area contributed by atoms with Crippen molar-refractivity contribution in [3.63, 3.8) is 0 Å². The number of hydrogen-bond acceptors (Lipinski definition) is 4. The standard InChI is InChI=1S/C15H18ClN3OS/c1-10(2)19(9-12-4-3-7-21-12)14-6-5-11(8-13(14)16)15(17)18-20/h3-8,10,20H,9H2,1-2H3,(H2,17,18). The Kier molecular flexibility index (Phi) is 5.09. The molecule has 2 aromatic rings. The lowest BCUT2D eigenvalue weighted by Gasteiger charge is -2.29. The van der Waals surface area contributed by atoms with Gasteiger partial charge in [-0.2, -0.15) is 0 Å². The Morgan fingerprint density at radius 2 is 2.19 bits per heavy atom. The number of rotatable bonds is 5. The summed E-state index contributed by atoms with van der Waals surface area (Å²) < 4.78 is 0. The van der Waals surface area contributed by atoms with Crippen molar-refractivity contribution < 1.29 is 5.21 Å². The molecule has 0 aliphatic heterocycles. The van der Waals surface area contributed by atoms with Crippen LogP contribution < -0.4 is 10.6 Å². The molecule has 0 atom stereocenters.